The lowest BCUT2D eigenvalue weighted by molar-refractivity contribution is -0.143. The number of ether oxygens (including phenoxy) is 1. The number of rotatable bonds is 4. The summed E-state index contributed by atoms with van der Waals surface area (Å²) in [5, 5.41) is 3.55. The maximum absolute atomic E-state index is 14.1. The van der Waals surface area contributed by atoms with E-state index in [1.807, 2.05) is 0 Å². The van der Waals surface area contributed by atoms with Crippen LogP contribution in [0.1, 0.15) is 29.5 Å². The molecule has 3 N–H and O–H groups in total. The van der Waals surface area contributed by atoms with E-state index in [2.05, 4.69) is 10.3 Å². The number of hydrogen-bond donors (Lipinski definition) is 2. The van der Waals surface area contributed by atoms with Gasteiger partial charge in [0.1, 0.15) is 5.82 Å². The first-order chi connectivity index (χ1) is 11.4. The van der Waals surface area contributed by atoms with Crippen molar-refractivity contribution in [2.75, 3.05) is 12.8 Å². The zero-order chi connectivity index (χ0) is 17.3. The summed E-state index contributed by atoms with van der Waals surface area (Å²) in [6.07, 6.45) is 2.24. The maximum atomic E-state index is 14.1. The van der Waals surface area contributed by atoms with E-state index >= 15 is 0 Å². The number of carbonyl (C=O) groups excluding carboxylic acids is 1. The largest absolute Gasteiger partial charge is 0.375 e. The number of nitrogen functional groups attached to an aromatic ring is 1. The highest BCUT2D eigenvalue weighted by atomic mass is 32.1. The number of nitrogens with two attached hydrogens (primary N) is 1. The van der Waals surface area contributed by atoms with Crippen LogP contribution in [0, 0.1) is 5.82 Å². The van der Waals surface area contributed by atoms with E-state index in [-0.39, 0.29) is 17.5 Å². The number of nitrogens with one attached hydrogen (secondary N) is 1. The number of thiazole rings is 1. The van der Waals surface area contributed by atoms with Gasteiger partial charge in [-0.05, 0) is 25.8 Å². The minimum atomic E-state index is -1.38. The normalized spacial score (nSPS) is 19.4. The van der Waals surface area contributed by atoms with Crippen molar-refractivity contribution in [3.8, 4) is 0 Å². The number of aryl methyl sites for hydroxylation is 1. The Labute approximate surface area is 144 Å². The van der Waals surface area contributed by atoms with Crippen molar-refractivity contribution in [1.29, 1.82) is 0 Å². The van der Waals surface area contributed by atoms with Gasteiger partial charge in [0, 0.05) is 30.0 Å². The quantitative estimate of drug-likeness (QED) is 0.889. The molecular formula is C17H20FN3O2S. The summed E-state index contributed by atoms with van der Waals surface area (Å²) in [5.41, 5.74) is 5.62. The van der Waals surface area contributed by atoms with Crippen molar-refractivity contribution in [2.45, 2.75) is 37.8 Å². The number of amides is 1. The highest BCUT2D eigenvalue weighted by molar-refractivity contribution is 7.15. The molecule has 1 aromatic carbocycles. The molecule has 3 rings (SSSR count). The molecule has 1 amide bonds. The highest BCUT2D eigenvalue weighted by Crippen LogP contribution is 2.30. The van der Waals surface area contributed by atoms with Crippen LogP contribution in [-0.2, 0) is 28.0 Å². The first kappa shape index (κ1) is 16.9. The Morgan fingerprint density at radius 2 is 2.25 bits per heavy atom. The lowest BCUT2D eigenvalue weighted by Gasteiger charge is -2.31. The Kier molecular flexibility index (Phi) is 4.56. The van der Waals surface area contributed by atoms with Crippen molar-refractivity contribution < 1.29 is 13.9 Å². The van der Waals surface area contributed by atoms with Gasteiger partial charge < -0.3 is 15.8 Å². The van der Waals surface area contributed by atoms with Crippen molar-refractivity contribution >= 4 is 22.4 Å². The average Bonchev–Trinajstić information content (AvgIpc) is 2.93. The number of aromatic nitrogens is 1. The van der Waals surface area contributed by atoms with Crippen molar-refractivity contribution in [3.05, 3.63) is 46.2 Å². The van der Waals surface area contributed by atoms with E-state index in [0.717, 1.165) is 23.4 Å². The second kappa shape index (κ2) is 6.49. The molecule has 0 fully saturated rings. The van der Waals surface area contributed by atoms with Crippen LogP contribution >= 0.6 is 11.3 Å². The highest BCUT2D eigenvalue weighted by Gasteiger charge is 2.39. The lowest BCUT2D eigenvalue weighted by Crippen LogP contribution is -2.49. The molecule has 128 valence electrons. The molecule has 0 saturated heterocycles. The Morgan fingerprint density at radius 1 is 1.50 bits per heavy atom. The summed E-state index contributed by atoms with van der Waals surface area (Å²) >= 11 is 1.46. The summed E-state index contributed by atoms with van der Waals surface area (Å²) in [6.45, 7) is 1.58. The molecule has 1 aliphatic rings. The van der Waals surface area contributed by atoms with Gasteiger partial charge in [0.25, 0.3) is 5.91 Å². The van der Waals surface area contributed by atoms with Crippen LogP contribution in [0.25, 0.3) is 0 Å². The van der Waals surface area contributed by atoms with Crippen LogP contribution < -0.4 is 11.1 Å². The van der Waals surface area contributed by atoms with Crippen LogP contribution in [0.5, 0.6) is 0 Å². The number of anilines is 1. The number of nitrogens with zero attached hydrogens (tertiary/aromatic N) is 1. The zero-order valence-corrected chi connectivity index (χ0v) is 14.5. The van der Waals surface area contributed by atoms with Crippen LogP contribution in [0.15, 0.2) is 24.3 Å². The number of hydrogen-bond acceptors (Lipinski definition) is 5. The van der Waals surface area contributed by atoms with Crippen molar-refractivity contribution in [2.24, 2.45) is 0 Å². The summed E-state index contributed by atoms with van der Waals surface area (Å²) < 4.78 is 19.5. The van der Waals surface area contributed by atoms with Crippen LogP contribution in [0.2, 0.25) is 0 Å². The minimum absolute atomic E-state index is 0.0360. The Bertz CT molecular complexity index is 764. The predicted octanol–water partition coefficient (Wildman–Crippen LogP) is 2.40. The van der Waals surface area contributed by atoms with E-state index in [1.54, 1.807) is 25.1 Å². The molecule has 0 spiro atoms. The van der Waals surface area contributed by atoms with Gasteiger partial charge in [-0.1, -0.05) is 18.2 Å². The molecule has 24 heavy (non-hydrogen) atoms. The molecule has 1 aliphatic carbocycles. The van der Waals surface area contributed by atoms with Gasteiger partial charge in [0.2, 0.25) is 0 Å². The number of halogens is 1. The monoisotopic (exact) mass is 349 g/mol. The Hall–Kier alpha value is -1.99. The lowest BCUT2D eigenvalue weighted by atomic mass is 9.92. The first-order valence-corrected chi connectivity index (χ1v) is 8.61. The fraction of sp³-hybridized carbons (Fsp3) is 0.412. The van der Waals surface area contributed by atoms with Gasteiger partial charge in [0.05, 0.1) is 5.69 Å². The summed E-state index contributed by atoms with van der Waals surface area (Å²) in [7, 11) is 1.41. The molecule has 1 heterocycles. The molecule has 0 bridgehead atoms. The predicted molar refractivity (Wildman–Crippen MR) is 91.2 cm³/mol. The Balaban J connectivity index is 1.77. The SMILES string of the molecule is COC(C)(C(=O)N[C@H]1CCc2nc(N)sc2C1)c1ccccc1F. The van der Waals surface area contributed by atoms with E-state index in [4.69, 9.17) is 10.5 Å². The van der Waals surface area contributed by atoms with E-state index < -0.39 is 11.4 Å². The van der Waals surface area contributed by atoms with Gasteiger partial charge in [-0.2, -0.15) is 0 Å². The van der Waals surface area contributed by atoms with Crippen LogP contribution in [0.3, 0.4) is 0 Å². The van der Waals surface area contributed by atoms with Gasteiger partial charge in [0.15, 0.2) is 10.7 Å². The first-order valence-electron chi connectivity index (χ1n) is 7.79. The Morgan fingerprint density at radius 3 is 2.96 bits per heavy atom. The summed E-state index contributed by atoms with van der Waals surface area (Å²) in [4.78, 5) is 18.2. The number of methoxy groups -OCH3 is 1. The zero-order valence-electron chi connectivity index (χ0n) is 13.6. The van der Waals surface area contributed by atoms with Crippen molar-refractivity contribution in [1.82, 2.24) is 10.3 Å². The number of fused-ring (bicyclic) bond motifs is 1. The smallest absolute Gasteiger partial charge is 0.256 e. The second-order valence-corrected chi connectivity index (χ2v) is 7.17. The summed E-state index contributed by atoms with van der Waals surface area (Å²) in [5.74, 6) is -0.806. The van der Waals surface area contributed by atoms with Crippen LogP contribution in [0.4, 0.5) is 9.52 Å². The number of carbonyl (C=O) groups is 1. The average molecular weight is 349 g/mol. The molecule has 0 saturated carbocycles. The molecule has 1 aromatic heterocycles. The van der Waals surface area contributed by atoms with E-state index in [1.165, 1.54) is 24.5 Å². The second-order valence-electron chi connectivity index (χ2n) is 6.05. The molecule has 0 radical (unpaired) electrons. The van der Waals surface area contributed by atoms with Gasteiger partial charge >= 0.3 is 0 Å². The third-order valence-corrected chi connectivity index (χ3v) is 5.47. The molecule has 7 heteroatoms. The minimum Gasteiger partial charge on any atom is -0.375 e. The third-order valence-electron chi connectivity index (χ3n) is 4.52. The van der Waals surface area contributed by atoms with E-state index in [9.17, 15) is 9.18 Å². The van der Waals surface area contributed by atoms with Crippen LogP contribution in [-0.4, -0.2) is 24.0 Å². The molecule has 2 atom stereocenters. The van der Waals surface area contributed by atoms with Crippen molar-refractivity contribution in [3.63, 3.8) is 0 Å². The third kappa shape index (κ3) is 3.01. The molecular weight excluding hydrogens is 329 g/mol. The molecule has 1 unspecified atom stereocenters. The van der Waals surface area contributed by atoms with Gasteiger partial charge in [-0.15, -0.1) is 11.3 Å². The topological polar surface area (TPSA) is 77.2 Å². The summed E-state index contributed by atoms with van der Waals surface area (Å²) in [6, 6.07) is 6.14. The standard InChI is InChI=1S/C17H20FN3O2S/c1-17(23-2,11-5-3-4-6-12(11)18)15(22)20-10-7-8-13-14(9-10)24-16(19)21-13/h3-6,10H,7-9H2,1-2H3,(H2,19,21)(H,20,22)/t10-,17?/m0/s1. The number of benzene rings is 1. The molecule has 5 nitrogen and oxygen atoms in total. The van der Waals surface area contributed by atoms with Gasteiger partial charge in [-0.3, -0.25) is 4.79 Å². The maximum Gasteiger partial charge on any atom is 0.256 e. The molecule has 0 aliphatic heterocycles. The molecule has 2 aromatic rings. The van der Waals surface area contributed by atoms with Gasteiger partial charge in [-0.25, -0.2) is 9.37 Å². The van der Waals surface area contributed by atoms with E-state index in [0.29, 0.717) is 11.6 Å². The fourth-order valence-electron chi connectivity index (χ4n) is 3.01. The fourth-order valence-corrected chi connectivity index (χ4v) is 3.97.